The lowest BCUT2D eigenvalue weighted by molar-refractivity contribution is -0.143. The summed E-state index contributed by atoms with van der Waals surface area (Å²) in [7, 11) is 0. The Hall–Kier alpha value is -1.51. The third-order valence-electron chi connectivity index (χ3n) is 3.29. The van der Waals surface area contributed by atoms with E-state index in [2.05, 4.69) is 0 Å². The molecule has 2 nitrogen and oxygen atoms in total. The zero-order valence-corrected chi connectivity index (χ0v) is 13.9. The largest absolute Gasteiger partial charge is 0.466 e. The van der Waals surface area contributed by atoms with Gasteiger partial charge in [-0.2, -0.15) is 0 Å². The molecule has 2 aromatic rings. The van der Waals surface area contributed by atoms with Gasteiger partial charge in [0.05, 0.1) is 13.0 Å². The maximum Gasteiger partial charge on any atom is 0.307 e. The lowest BCUT2D eigenvalue weighted by Gasteiger charge is -2.10. The first-order valence-corrected chi connectivity index (χ1v) is 8.05. The van der Waals surface area contributed by atoms with Crippen molar-refractivity contribution in [3.63, 3.8) is 0 Å². The van der Waals surface area contributed by atoms with Gasteiger partial charge in [-0.1, -0.05) is 54.1 Å². The van der Waals surface area contributed by atoms with Crippen molar-refractivity contribution in [2.75, 3.05) is 6.61 Å². The van der Waals surface area contributed by atoms with Crippen LogP contribution in [0.1, 0.15) is 18.9 Å². The van der Waals surface area contributed by atoms with Crippen molar-refractivity contribution in [3.05, 3.63) is 59.1 Å². The van der Waals surface area contributed by atoms with Crippen LogP contribution < -0.4 is 0 Å². The molecule has 0 radical (unpaired) electrons. The van der Waals surface area contributed by atoms with Crippen LogP contribution in [0, 0.1) is 0 Å². The van der Waals surface area contributed by atoms with E-state index in [1.807, 2.05) is 48.5 Å². The number of hydrogen-bond acceptors (Lipinski definition) is 2. The van der Waals surface area contributed by atoms with Crippen LogP contribution in [0.2, 0.25) is 5.02 Å². The molecule has 0 aromatic heterocycles. The molecule has 0 aliphatic carbocycles. The van der Waals surface area contributed by atoms with Crippen molar-refractivity contribution in [3.8, 4) is 11.1 Å². The second-order valence-electron chi connectivity index (χ2n) is 4.99. The van der Waals surface area contributed by atoms with E-state index in [9.17, 15) is 4.79 Å². The van der Waals surface area contributed by atoms with Gasteiger partial charge in [0.1, 0.15) is 0 Å². The Kier molecular flexibility index (Phi) is 6.29. The topological polar surface area (TPSA) is 26.3 Å². The molecular weight excluding hydrogens is 319 g/mol. The van der Waals surface area contributed by atoms with Crippen LogP contribution in [0.4, 0.5) is 0 Å². The maximum atomic E-state index is 11.4. The molecule has 0 N–H and O–H groups in total. The molecule has 0 aliphatic heterocycles. The van der Waals surface area contributed by atoms with E-state index in [0.717, 1.165) is 21.7 Å². The van der Waals surface area contributed by atoms with Crippen LogP contribution in [-0.2, 0) is 16.0 Å². The Balaban J connectivity index is 2.00. The van der Waals surface area contributed by atoms with Gasteiger partial charge in [-0.25, -0.2) is 0 Å². The fraction of sp³-hybridized carbons (Fsp3) is 0.278. The van der Waals surface area contributed by atoms with Crippen molar-refractivity contribution in [2.24, 2.45) is 0 Å². The molecule has 0 bridgehead atoms. The predicted octanol–water partition coefficient (Wildman–Crippen LogP) is 5.11. The monoisotopic (exact) mass is 336 g/mol. The van der Waals surface area contributed by atoms with Crippen LogP contribution >= 0.6 is 23.2 Å². The quantitative estimate of drug-likeness (QED) is 0.541. The van der Waals surface area contributed by atoms with Gasteiger partial charge in [0.25, 0.3) is 0 Å². The molecule has 4 heteroatoms. The number of benzene rings is 2. The van der Waals surface area contributed by atoms with Gasteiger partial charge >= 0.3 is 5.97 Å². The summed E-state index contributed by atoms with van der Waals surface area (Å²) >= 11 is 12.4. The molecule has 0 spiro atoms. The lowest BCUT2D eigenvalue weighted by atomic mass is 10.0. The molecule has 1 atom stereocenters. The predicted molar refractivity (Wildman–Crippen MR) is 91.5 cm³/mol. The molecule has 0 fully saturated rings. The fourth-order valence-electron chi connectivity index (χ4n) is 2.24. The number of alkyl halides is 1. The molecule has 0 aliphatic rings. The zero-order chi connectivity index (χ0) is 15.9. The van der Waals surface area contributed by atoms with Crippen molar-refractivity contribution in [1.29, 1.82) is 0 Å². The summed E-state index contributed by atoms with van der Waals surface area (Å²) in [6.07, 6.45) is 0.852. The smallest absolute Gasteiger partial charge is 0.307 e. The highest BCUT2D eigenvalue weighted by atomic mass is 35.5. The van der Waals surface area contributed by atoms with E-state index < -0.39 is 0 Å². The van der Waals surface area contributed by atoms with Crippen molar-refractivity contribution < 1.29 is 9.53 Å². The zero-order valence-electron chi connectivity index (χ0n) is 12.4. The Morgan fingerprint density at radius 1 is 1.14 bits per heavy atom. The number of halogens is 2. The van der Waals surface area contributed by atoms with E-state index in [4.69, 9.17) is 27.9 Å². The van der Waals surface area contributed by atoms with Gasteiger partial charge in [-0.05, 0) is 30.5 Å². The summed E-state index contributed by atoms with van der Waals surface area (Å²) in [5.41, 5.74) is 3.15. The molecular formula is C18H18Cl2O2. The first-order chi connectivity index (χ1) is 10.6. The first-order valence-electron chi connectivity index (χ1n) is 7.23. The summed E-state index contributed by atoms with van der Waals surface area (Å²) in [4.78, 5) is 11.4. The maximum absolute atomic E-state index is 11.4. The second kappa shape index (κ2) is 8.21. The second-order valence-corrected chi connectivity index (χ2v) is 6.01. The summed E-state index contributed by atoms with van der Waals surface area (Å²) in [5.74, 6) is -0.254. The van der Waals surface area contributed by atoms with E-state index in [1.54, 1.807) is 6.92 Å². The normalized spacial score (nSPS) is 12.0. The Labute approximate surface area is 141 Å². The number of esters is 1. The van der Waals surface area contributed by atoms with E-state index in [1.165, 1.54) is 0 Å². The average Bonchev–Trinajstić information content (AvgIpc) is 2.49. The summed E-state index contributed by atoms with van der Waals surface area (Å²) in [6, 6.07) is 15.8. The third kappa shape index (κ3) is 4.75. The van der Waals surface area contributed by atoms with E-state index >= 15 is 0 Å². The minimum absolute atomic E-state index is 0.224. The highest BCUT2D eigenvalue weighted by Crippen LogP contribution is 2.28. The SMILES string of the molecule is CCOC(=O)CC(Cl)Cc1ccc(-c2ccccc2Cl)cc1. The third-order valence-corrected chi connectivity index (χ3v) is 3.93. The molecule has 0 saturated heterocycles. The van der Waals surface area contributed by atoms with Gasteiger partial charge in [0.2, 0.25) is 0 Å². The van der Waals surface area contributed by atoms with Gasteiger partial charge < -0.3 is 4.74 Å². The molecule has 22 heavy (non-hydrogen) atoms. The van der Waals surface area contributed by atoms with E-state index in [0.29, 0.717) is 13.0 Å². The fourth-order valence-corrected chi connectivity index (χ4v) is 2.79. The first kappa shape index (κ1) is 16.9. The molecule has 0 saturated carbocycles. The minimum atomic E-state index is -0.259. The summed E-state index contributed by atoms with van der Waals surface area (Å²) in [6.45, 7) is 2.17. The molecule has 116 valence electrons. The van der Waals surface area contributed by atoms with Gasteiger partial charge in [0, 0.05) is 16.0 Å². The number of carbonyl (C=O) groups excluding carboxylic acids is 1. The Morgan fingerprint density at radius 3 is 2.45 bits per heavy atom. The number of carbonyl (C=O) groups is 1. The molecule has 0 heterocycles. The van der Waals surface area contributed by atoms with Crippen molar-refractivity contribution in [2.45, 2.75) is 25.1 Å². The molecule has 2 aromatic carbocycles. The van der Waals surface area contributed by atoms with Crippen LogP contribution in [-0.4, -0.2) is 18.0 Å². The summed E-state index contributed by atoms with van der Waals surface area (Å²) in [5, 5.41) is 0.470. The van der Waals surface area contributed by atoms with Crippen LogP contribution in [0.5, 0.6) is 0 Å². The lowest BCUT2D eigenvalue weighted by Crippen LogP contribution is -2.13. The highest BCUT2D eigenvalue weighted by molar-refractivity contribution is 6.33. The van der Waals surface area contributed by atoms with Crippen LogP contribution in [0.3, 0.4) is 0 Å². The van der Waals surface area contributed by atoms with Gasteiger partial charge in [0.15, 0.2) is 0 Å². The van der Waals surface area contributed by atoms with Crippen LogP contribution in [0.15, 0.2) is 48.5 Å². The van der Waals surface area contributed by atoms with Gasteiger partial charge in [-0.15, -0.1) is 11.6 Å². The van der Waals surface area contributed by atoms with Crippen LogP contribution in [0.25, 0.3) is 11.1 Å². The van der Waals surface area contributed by atoms with E-state index in [-0.39, 0.29) is 17.8 Å². The molecule has 0 amide bonds. The average molecular weight is 337 g/mol. The highest BCUT2D eigenvalue weighted by Gasteiger charge is 2.13. The van der Waals surface area contributed by atoms with Crippen molar-refractivity contribution in [1.82, 2.24) is 0 Å². The Bertz CT molecular complexity index is 623. The molecule has 1 unspecified atom stereocenters. The molecule has 2 rings (SSSR count). The minimum Gasteiger partial charge on any atom is -0.466 e. The number of ether oxygens (including phenoxy) is 1. The number of hydrogen-bond donors (Lipinski definition) is 0. The van der Waals surface area contributed by atoms with Crippen molar-refractivity contribution >= 4 is 29.2 Å². The standard InChI is InChI=1S/C18H18Cl2O2/c1-2-22-18(21)12-15(19)11-13-7-9-14(10-8-13)16-5-3-4-6-17(16)20/h3-10,15H,2,11-12H2,1H3. The van der Waals surface area contributed by atoms with Gasteiger partial charge in [-0.3, -0.25) is 4.79 Å². The summed E-state index contributed by atoms with van der Waals surface area (Å²) < 4.78 is 4.90. The number of rotatable bonds is 6. The Morgan fingerprint density at radius 2 is 1.82 bits per heavy atom.